The van der Waals surface area contributed by atoms with E-state index in [2.05, 4.69) is 27.0 Å². The van der Waals surface area contributed by atoms with Gasteiger partial charge in [0.1, 0.15) is 17.1 Å². The van der Waals surface area contributed by atoms with Crippen LogP contribution in [0.4, 0.5) is 5.00 Å². The number of aryl methyl sites for hydroxylation is 1. The molecule has 7 heteroatoms. The van der Waals surface area contributed by atoms with Crippen LogP contribution in [0.25, 0.3) is 0 Å². The highest BCUT2D eigenvalue weighted by molar-refractivity contribution is 9.10. The number of fused-ring (bicyclic) bond motifs is 1. The molecule has 3 rings (SSSR count). The largest absolute Gasteiger partial charge is 0.493 e. The highest BCUT2D eigenvalue weighted by Crippen LogP contribution is 2.40. The van der Waals surface area contributed by atoms with Gasteiger partial charge in [-0.3, -0.25) is 0 Å². The van der Waals surface area contributed by atoms with Crippen molar-refractivity contribution in [3.8, 4) is 23.6 Å². The highest BCUT2D eigenvalue weighted by Gasteiger charge is 2.20. The molecule has 0 bridgehead atoms. The van der Waals surface area contributed by atoms with Gasteiger partial charge in [0.15, 0.2) is 18.1 Å². The van der Waals surface area contributed by atoms with Gasteiger partial charge >= 0.3 is 0 Å². The molecule has 0 atom stereocenters. The summed E-state index contributed by atoms with van der Waals surface area (Å²) in [6.07, 6.45) is 6.04. The third-order valence-electron chi connectivity index (χ3n) is 4.13. The minimum absolute atomic E-state index is 0.0608. The second-order valence-electron chi connectivity index (χ2n) is 5.74. The topological polar surface area (TPSA) is 78.4 Å². The molecule has 0 aliphatic heterocycles. The van der Waals surface area contributed by atoms with E-state index in [-0.39, 0.29) is 6.61 Å². The Morgan fingerprint density at radius 3 is 2.85 bits per heavy atom. The van der Waals surface area contributed by atoms with Gasteiger partial charge in [-0.15, -0.1) is 11.3 Å². The van der Waals surface area contributed by atoms with Gasteiger partial charge in [-0.1, -0.05) is 0 Å². The van der Waals surface area contributed by atoms with E-state index in [1.54, 1.807) is 30.7 Å². The minimum atomic E-state index is -0.0608. The molecule has 2 aromatic rings. The van der Waals surface area contributed by atoms with Crippen LogP contribution in [0.15, 0.2) is 21.6 Å². The van der Waals surface area contributed by atoms with Gasteiger partial charge in [-0.05, 0) is 64.9 Å². The monoisotopic (exact) mass is 429 g/mol. The van der Waals surface area contributed by atoms with E-state index >= 15 is 0 Å². The van der Waals surface area contributed by atoms with E-state index in [9.17, 15) is 5.26 Å². The summed E-state index contributed by atoms with van der Waals surface area (Å²) in [5.41, 5.74) is 2.70. The van der Waals surface area contributed by atoms with E-state index in [0.717, 1.165) is 29.8 Å². The lowest BCUT2D eigenvalue weighted by atomic mass is 9.96. The Balaban J connectivity index is 1.92. The van der Waals surface area contributed by atoms with Gasteiger partial charge < -0.3 is 9.47 Å². The van der Waals surface area contributed by atoms with Crippen molar-refractivity contribution in [2.24, 2.45) is 4.99 Å². The molecule has 1 aliphatic carbocycles. The third kappa shape index (κ3) is 3.75. The predicted octanol–water partition coefficient (Wildman–Crippen LogP) is 4.92. The Morgan fingerprint density at radius 1 is 1.31 bits per heavy atom. The standard InChI is InChI=1S/C19H16BrN3O2S/c1-24-16-9-12(8-15(20)18(16)25-7-6-21)11-23-19-14(10-22)13-4-2-3-5-17(13)26-19/h8-9,11H,2-5,7H2,1H3. The molecule has 0 saturated heterocycles. The van der Waals surface area contributed by atoms with E-state index in [1.807, 2.05) is 12.1 Å². The molecule has 0 fully saturated rings. The lowest BCUT2D eigenvalue weighted by molar-refractivity contribution is 0.327. The van der Waals surface area contributed by atoms with Crippen molar-refractivity contribution in [2.45, 2.75) is 25.7 Å². The number of aliphatic imine (C=N–C) groups is 1. The first-order valence-corrected chi connectivity index (χ1v) is 9.74. The fraction of sp³-hybridized carbons (Fsp3) is 0.316. The summed E-state index contributed by atoms with van der Waals surface area (Å²) in [5.74, 6) is 0.998. The molecule has 0 radical (unpaired) electrons. The zero-order valence-corrected chi connectivity index (χ0v) is 16.6. The van der Waals surface area contributed by atoms with Crippen LogP contribution in [0.3, 0.4) is 0 Å². The van der Waals surface area contributed by atoms with Gasteiger partial charge in [0.2, 0.25) is 0 Å². The number of nitrogens with zero attached hydrogens (tertiary/aromatic N) is 3. The lowest BCUT2D eigenvalue weighted by Crippen LogP contribution is -1.99. The SMILES string of the molecule is COc1cc(C=Nc2sc3c(c2C#N)CCCC3)cc(Br)c1OCC#N. The fourth-order valence-corrected chi connectivity index (χ4v) is 4.71. The van der Waals surface area contributed by atoms with Crippen molar-refractivity contribution in [1.29, 1.82) is 10.5 Å². The summed E-state index contributed by atoms with van der Waals surface area (Å²) in [6, 6.07) is 7.89. The maximum Gasteiger partial charge on any atom is 0.176 e. The van der Waals surface area contributed by atoms with Gasteiger partial charge in [0, 0.05) is 11.1 Å². The molecule has 26 heavy (non-hydrogen) atoms. The number of methoxy groups -OCH3 is 1. The Hall–Kier alpha value is -2.35. The summed E-state index contributed by atoms with van der Waals surface area (Å²) >= 11 is 5.05. The molecule has 0 unspecified atom stereocenters. The summed E-state index contributed by atoms with van der Waals surface area (Å²) in [5, 5.41) is 19.0. The van der Waals surface area contributed by atoms with Crippen molar-refractivity contribution in [1.82, 2.24) is 0 Å². The van der Waals surface area contributed by atoms with E-state index < -0.39 is 0 Å². The lowest BCUT2D eigenvalue weighted by Gasteiger charge is -2.11. The minimum Gasteiger partial charge on any atom is -0.493 e. The van der Waals surface area contributed by atoms with Crippen molar-refractivity contribution in [3.05, 3.63) is 38.2 Å². The van der Waals surface area contributed by atoms with Crippen molar-refractivity contribution in [2.75, 3.05) is 13.7 Å². The summed E-state index contributed by atoms with van der Waals surface area (Å²) < 4.78 is 11.4. The smallest absolute Gasteiger partial charge is 0.176 e. The summed E-state index contributed by atoms with van der Waals surface area (Å²) in [7, 11) is 1.54. The molecule has 0 amide bonds. The maximum absolute atomic E-state index is 9.52. The average molecular weight is 430 g/mol. The fourth-order valence-electron chi connectivity index (χ4n) is 2.95. The molecular formula is C19H16BrN3O2S. The number of thiophene rings is 1. The van der Waals surface area contributed by atoms with Crippen LogP contribution >= 0.6 is 27.3 Å². The quantitative estimate of drug-likeness (QED) is 0.631. The van der Waals surface area contributed by atoms with E-state index in [1.165, 1.54) is 16.9 Å². The van der Waals surface area contributed by atoms with Crippen LogP contribution in [-0.2, 0) is 12.8 Å². The molecule has 0 saturated carbocycles. The van der Waals surface area contributed by atoms with Gasteiger partial charge in [0.05, 0.1) is 17.1 Å². The summed E-state index contributed by atoms with van der Waals surface area (Å²) in [4.78, 5) is 5.85. The van der Waals surface area contributed by atoms with E-state index in [4.69, 9.17) is 14.7 Å². The van der Waals surface area contributed by atoms with Gasteiger partial charge in [-0.25, -0.2) is 4.99 Å². The highest BCUT2D eigenvalue weighted by atomic mass is 79.9. The Labute approximate surface area is 164 Å². The first-order chi connectivity index (χ1) is 12.7. The number of halogens is 1. The zero-order chi connectivity index (χ0) is 18.5. The molecule has 0 N–H and O–H groups in total. The number of rotatable bonds is 5. The molecule has 1 heterocycles. The Kier molecular flexibility index (Phi) is 5.92. The maximum atomic E-state index is 9.52. The first kappa shape index (κ1) is 18.4. The third-order valence-corrected chi connectivity index (χ3v) is 5.92. The van der Waals surface area contributed by atoms with Gasteiger partial charge in [-0.2, -0.15) is 10.5 Å². The van der Waals surface area contributed by atoms with Crippen molar-refractivity contribution in [3.63, 3.8) is 0 Å². The van der Waals surface area contributed by atoms with Crippen LogP contribution in [0.5, 0.6) is 11.5 Å². The van der Waals surface area contributed by atoms with Gasteiger partial charge in [0.25, 0.3) is 0 Å². The number of benzene rings is 1. The number of hydrogen-bond donors (Lipinski definition) is 0. The molecule has 1 aromatic carbocycles. The molecule has 132 valence electrons. The Morgan fingerprint density at radius 2 is 2.12 bits per heavy atom. The number of hydrogen-bond acceptors (Lipinski definition) is 6. The Bertz CT molecular complexity index is 938. The van der Waals surface area contributed by atoms with Crippen molar-refractivity contribution >= 4 is 38.5 Å². The molecule has 0 spiro atoms. The van der Waals surface area contributed by atoms with Crippen LogP contribution < -0.4 is 9.47 Å². The zero-order valence-electron chi connectivity index (χ0n) is 14.2. The van der Waals surface area contributed by atoms with Crippen LogP contribution in [0.2, 0.25) is 0 Å². The first-order valence-electron chi connectivity index (χ1n) is 8.14. The second-order valence-corrected chi connectivity index (χ2v) is 7.68. The van der Waals surface area contributed by atoms with Crippen LogP contribution in [0, 0.1) is 22.7 Å². The number of nitriles is 2. The number of ether oxygens (including phenoxy) is 2. The van der Waals surface area contributed by atoms with Crippen LogP contribution in [0.1, 0.15) is 34.4 Å². The second kappa shape index (κ2) is 8.35. The molecule has 1 aromatic heterocycles. The average Bonchev–Trinajstić information content (AvgIpc) is 3.02. The summed E-state index contributed by atoms with van der Waals surface area (Å²) in [6.45, 7) is -0.0608. The van der Waals surface area contributed by atoms with Crippen LogP contribution in [-0.4, -0.2) is 19.9 Å². The molecule has 5 nitrogen and oxygen atoms in total. The molecular weight excluding hydrogens is 414 g/mol. The van der Waals surface area contributed by atoms with Crippen molar-refractivity contribution < 1.29 is 9.47 Å². The van der Waals surface area contributed by atoms with E-state index in [0.29, 0.717) is 21.5 Å². The molecule has 1 aliphatic rings. The normalized spacial score (nSPS) is 13.1. The predicted molar refractivity (Wildman–Crippen MR) is 105 cm³/mol.